The number of amides is 1. The SMILES string of the molecule is NC(=S)NC(=O)Cc1cccc(O)c1. The summed E-state index contributed by atoms with van der Waals surface area (Å²) in [4.78, 5) is 11.2. The molecule has 14 heavy (non-hydrogen) atoms. The maximum absolute atomic E-state index is 11.2. The molecule has 0 aromatic heterocycles. The van der Waals surface area contributed by atoms with Crippen LogP contribution in [0.3, 0.4) is 0 Å². The Kier molecular flexibility index (Phi) is 3.41. The van der Waals surface area contributed by atoms with Gasteiger partial charge in [0, 0.05) is 0 Å². The van der Waals surface area contributed by atoms with Crippen LogP contribution >= 0.6 is 12.2 Å². The second-order valence-electron chi connectivity index (χ2n) is 2.76. The minimum absolute atomic E-state index is 0.0462. The molecule has 0 bridgehead atoms. The van der Waals surface area contributed by atoms with Gasteiger partial charge in [0.05, 0.1) is 6.42 Å². The summed E-state index contributed by atoms with van der Waals surface area (Å²) < 4.78 is 0. The van der Waals surface area contributed by atoms with Gasteiger partial charge >= 0.3 is 0 Å². The van der Waals surface area contributed by atoms with E-state index in [0.29, 0.717) is 5.56 Å². The van der Waals surface area contributed by atoms with Crippen molar-refractivity contribution < 1.29 is 9.90 Å². The molecule has 1 amide bonds. The molecule has 1 rings (SSSR count). The molecule has 0 fully saturated rings. The average Bonchev–Trinajstić information content (AvgIpc) is 2.01. The third-order valence-electron chi connectivity index (χ3n) is 1.54. The summed E-state index contributed by atoms with van der Waals surface area (Å²) in [6.45, 7) is 0. The molecule has 0 spiro atoms. The van der Waals surface area contributed by atoms with Gasteiger partial charge in [-0.2, -0.15) is 0 Å². The maximum Gasteiger partial charge on any atom is 0.230 e. The van der Waals surface area contributed by atoms with E-state index in [1.165, 1.54) is 12.1 Å². The van der Waals surface area contributed by atoms with E-state index in [-0.39, 0.29) is 23.2 Å². The molecule has 0 saturated heterocycles. The number of nitrogens with one attached hydrogen (secondary N) is 1. The highest BCUT2D eigenvalue weighted by molar-refractivity contribution is 7.80. The van der Waals surface area contributed by atoms with Crippen molar-refractivity contribution in [2.45, 2.75) is 6.42 Å². The van der Waals surface area contributed by atoms with Gasteiger partial charge in [0.15, 0.2) is 5.11 Å². The Balaban J connectivity index is 2.60. The lowest BCUT2D eigenvalue weighted by molar-refractivity contribution is -0.119. The van der Waals surface area contributed by atoms with Crippen LogP contribution in [0.4, 0.5) is 0 Å². The molecule has 0 saturated carbocycles. The predicted octanol–water partition coefficient (Wildman–Crippen LogP) is 0.294. The molecule has 0 unspecified atom stereocenters. The van der Waals surface area contributed by atoms with Crippen molar-refractivity contribution in [1.82, 2.24) is 5.32 Å². The summed E-state index contributed by atoms with van der Waals surface area (Å²) in [5.74, 6) is -0.159. The number of phenols is 1. The molecule has 0 aliphatic heterocycles. The van der Waals surface area contributed by atoms with Gasteiger partial charge in [-0.05, 0) is 29.9 Å². The molecule has 4 N–H and O–H groups in total. The Labute approximate surface area is 86.7 Å². The zero-order valence-corrected chi connectivity index (χ0v) is 8.17. The van der Waals surface area contributed by atoms with Crippen LogP contribution in [0, 0.1) is 0 Å². The maximum atomic E-state index is 11.2. The molecular weight excluding hydrogens is 200 g/mol. The van der Waals surface area contributed by atoms with Crippen LogP contribution in [0.5, 0.6) is 5.75 Å². The molecular formula is C9H10N2O2S. The number of thiocarbonyl (C=S) groups is 1. The first-order valence-corrected chi connectivity index (χ1v) is 4.36. The fraction of sp³-hybridized carbons (Fsp3) is 0.111. The Morgan fingerprint density at radius 3 is 2.86 bits per heavy atom. The zero-order valence-electron chi connectivity index (χ0n) is 7.36. The third kappa shape index (κ3) is 3.40. The number of phenolic OH excluding ortho intramolecular Hbond substituents is 1. The number of carbonyl (C=O) groups excluding carboxylic acids is 1. The normalized spacial score (nSPS) is 9.43. The van der Waals surface area contributed by atoms with Crippen molar-refractivity contribution in [2.75, 3.05) is 0 Å². The fourth-order valence-corrected chi connectivity index (χ4v) is 1.15. The van der Waals surface area contributed by atoms with Gasteiger partial charge < -0.3 is 16.2 Å². The lowest BCUT2D eigenvalue weighted by Gasteiger charge is -2.02. The van der Waals surface area contributed by atoms with E-state index >= 15 is 0 Å². The van der Waals surface area contributed by atoms with Crippen LogP contribution in [0.2, 0.25) is 0 Å². The molecule has 0 radical (unpaired) electrons. The number of benzene rings is 1. The Morgan fingerprint density at radius 2 is 2.29 bits per heavy atom. The Morgan fingerprint density at radius 1 is 1.57 bits per heavy atom. The van der Waals surface area contributed by atoms with Crippen molar-refractivity contribution >= 4 is 23.2 Å². The summed E-state index contributed by atoms with van der Waals surface area (Å²) in [6.07, 6.45) is 0.145. The van der Waals surface area contributed by atoms with Crippen LogP contribution in [0.25, 0.3) is 0 Å². The van der Waals surface area contributed by atoms with Gasteiger partial charge in [0.25, 0.3) is 0 Å². The molecule has 74 valence electrons. The number of aromatic hydroxyl groups is 1. The van der Waals surface area contributed by atoms with Crippen molar-refractivity contribution in [1.29, 1.82) is 0 Å². The summed E-state index contributed by atoms with van der Waals surface area (Å²) >= 11 is 4.51. The van der Waals surface area contributed by atoms with Crippen molar-refractivity contribution in [3.05, 3.63) is 29.8 Å². The molecule has 1 aromatic carbocycles. The fourth-order valence-electron chi connectivity index (χ4n) is 1.03. The second kappa shape index (κ2) is 4.57. The van der Waals surface area contributed by atoms with Gasteiger partial charge in [-0.25, -0.2) is 0 Å². The van der Waals surface area contributed by atoms with Crippen molar-refractivity contribution in [3.8, 4) is 5.75 Å². The van der Waals surface area contributed by atoms with Gasteiger partial charge in [-0.3, -0.25) is 4.79 Å². The van der Waals surface area contributed by atoms with E-state index in [9.17, 15) is 4.79 Å². The predicted molar refractivity (Wildman–Crippen MR) is 56.7 cm³/mol. The van der Waals surface area contributed by atoms with Crippen LogP contribution in [-0.4, -0.2) is 16.1 Å². The number of nitrogens with two attached hydrogens (primary N) is 1. The molecule has 0 aliphatic rings. The average molecular weight is 210 g/mol. The second-order valence-corrected chi connectivity index (χ2v) is 3.20. The number of rotatable bonds is 2. The highest BCUT2D eigenvalue weighted by Crippen LogP contribution is 2.10. The first-order valence-electron chi connectivity index (χ1n) is 3.95. The minimum atomic E-state index is -0.289. The van der Waals surface area contributed by atoms with E-state index in [1.807, 2.05) is 0 Å². The van der Waals surface area contributed by atoms with Crippen LogP contribution in [-0.2, 0) is 11.2 Å². The van der Waals surface area contributed by atoms with E-state index in [4.69, 9.17) is 10.8 Å². The van der Waals surface area contributed by atoms with Crippen LogP contribution < -0.4 is 11.1 Å². The highest BCUT2D eigenvalue weighted by Gasteiger charge is 2.03. The molecule has 0 atom stereocenters. The van der Waals surface area contributed by atoms with E-state index in [0.717, 1.165) is 0 Å². The first-order chi connectivity index (χ1) is 6.58. The largest absolute Gasteiger partial charge is 0.508 e. The highest BCUT2D eigenvalue weighted by atomic mass is 32.1. The molecule has 1 aromatic rings. The van der Waals surface area contributed by atoms with E-state index in [2.05, 4.69) is 17.5 Å². The van der Waals surface area contributed by atoms with E-state index in [1.54, 1.807) is 12.1 Å². The lowest BCUT2D eigenvalue weighted by atomic mass is 10.1. The first kappa shape index (κ1) is 10.5. The standard InChI is InChI=1S/C9H10N2O2S/c10-9(14)11-8(13)5-6-2-1-3-7(12)4-6/h1-4,12H,5H2,(H3,10,11,13,14). The van der Waals surface area contributed by atoms with Crippen LogP contribution in [0.1, 0.15) is 5.56 Å². The Bertz CT molecular complexity index is 366. The summed E-state index contributed by atoms with van der Waals surface area (Å²) in [7, 11) is 0. The van der Waals surface area contributed by atoms with Gasteiger partial charge in [0.1, 0.15) is 5.75 Å². The third-order valence-corrected chi connectivity index (χ3v) is 1.64. The zero-order chi connectivity index (χ0) is 10.6. The van der Waals surface area contributed by atoms with Crippen LogP contribution in [0.15, 0.2) is 24.3 Å². The molecule has 0 aliphatic carbocycles. The van der Waals surface area contributed by atoms with E-state index < -0.39 is 0 Å². The van der Waals surface area contributed by atoms with Gasteiger partial charge in [0.2, 0.25) is 5.91 Å². The summed E-state index contributed by atoms with van der Waals surface area (Å²) in [5, 5.41) is 11.4. The summed E-state index contributed by atoms with van der Waals surface area (Å²) in [5.41, 5.74) is 5.83. The molecule has 5 heteroatoms. The Hall–Kier alpha value is -1.62. The monoisotopic (exact) mass is 210 g/mol. The lowest BCUT2D eigenvalue weighted by Crippen LogP contribution is -2.35. The number of hydrogen-bond donors (Lipinski definition) is 3. The van der Waals surface area contributed by atoms with Gasteiger partial charge in [-0.1, -0.05) is 12.1 Å². The van der Waals surface area contributed by atoms with Crippen molar-refractivity contribution in [2.24, 2.45) is 5.73 Å². The number of carbonyl (C=O) groups is 1. The minimum Gasteiger partial charge on any atom is -0.508 e. The van der Waals surface area contributed by atoms with Gasteiger partial charge in [-0.15, -0.1) is 0 Å². The molecule has 4 nitrogen and oxygen atoms in total. The smallest absolute Gasteiger partial charge is 0.230 e. The topological polar surface area (TPSA) is 75.3 Å². The molecule has 0 heterocycles. The number of hydrogen-bond acceptors (Lipinski definition) is 3. The van der Waals surface area contributed by atoms with Crippen molar-refractivity contribution in [3.63, 3.8) is 0 Å². The summed E-state index contributed by atoms with van der Waals surface area (Å²) in [6, 6.07) is 6.45. The quantitative estimate of drug-likeness (QED) is 0.613.